The van der Waals surface area contributed by atoms with E-state index >= 15 is 0 Å². The van der Waals surface area contributed by atoms with Crippen molar-refractivity contribution in [2.45, 2.75) is 103 Å². The van der Waals surface area contributed by atoms with Gasteiger partial charge in [0, 0.05) is 12.5 Å². The van der Waals surface area contributed by atoms with Crippen LogP contribution < -0.4 is 0 Å². The zero-order valence-corrected chi connectivity index (χ0v) is 19.1. The summed E-state index contributed by atoms with van der Waals surface area (Å²) in [6.45, 7) is 23.5. The second-order valence-electron chi connectivity index (χ2n) is 10.4. The molecule has 0 radical (unpaired) electrons. The monoisotopic (exact) mass is 360 g/mol. The van der Waals surface area contributed by atoms with Crippen LogP contribution in [-0.2, 0) is 8.85 Å². The van der Waals surface area contributed by atoms with Crippen molar-refractivity contribution in [2.24, 2.45) is 5.92 Å². The van der Waals surface area contributed by atoms with Gasteiger partial charge in [-0.05, 0) is 49.1 Å². The minimum absolute atomic E-state index is 0.149. The van der Waals surface area contributed by atoms with E-state index in [0.29, 0.717) is 5.92 Å². The molecule has 1 saturated carbocycles. The summed E-state index contributed by atoms with van der Waals surface area (Å²) in [5.74, 6) is 0.327. The van der Waals surface area contributed by atoms with Gasteiger partial charge in [-0.25, -0.2) is 0 Å². The predicted molar refractivity (Wildman–Crippen MR) is 104 cm³/mol. The highest BCUT2D eigenvalue weighted by Gasteiger charge is 2.45. The van der Waals surface area contributed by atoms with Gasteiger partial charge < -0.3 is 14.0 Å². The lowest BCUT2D eigenvalue weighted by atomic mass is 10.1. The van der Waals surface area contributed by atoms with Gasteiger partial charge in [0.2, 0.25) is 0 Å². The Labute approximate surface area is 146 Å². The third kappa shape index (κ3) is 5.39. The minimum atomic E-state index is -1.81. The smallest absolute Gasteiger partial charge is 0.192 e. The molecule has 0 bridgehead atoms. The van der Waals surface area contributed by atoms with Gasteiger partial charge in [-0.15, -0.1) is 0 Å². The molecule has 1 N–H and O–H groups in total. The van der Waals surface area contributed by atoms with Crippen molar-refractivity contribution in [3.63, 3.8) is 0 Å². The van der Waals surface area contributed by atoms with E-state index in [4.69, 9.17) is 8.85 Å². The van der Waals surface area contributed by atoms with Gasteiger partial charge in [0.05, 0.1) is 12.2 Å². The topological polar surface area (TPSA) is 38.7 Å². The fraction of sp³-hybridized carbons (Fsp3) is 1.00. The van der Waals surface area contributed by atoms with E-state index in [1.807, 2.05) is 0 Å². The van der Waals surface area contributed by atoms with Crippen LogP contribution in [0.25, 0.3) is 0 Å². The molecule has 0 saturated heterocycles. The molecule has 1 rings (SSSR count). The summed E-state index contributed by atoms with van der Waals surface area (Å²) in [5, 5.41) is 10.6. The van der Waals surface area contributed by atoms with Gasteiger partial charge in [-0.3, -0.25) is 0 Å². The van der Waals surface area contributed by atoms with Gasteiger partial charge in [-0.1, -0.05) is 41.5 Å². The summed E-state index contributed by atoms with van der Waals surface area (Å²) in [4.78, 5) is 0. The fourth-order valence-electron chi connectivity index (χ4n) is 2.46. The molecule has 0 heterocycles. The molecule has 1 aliphatic rings. The molecule has 0 aromatic heterocycles. The largest absolute Gasteiger partial charge is 0.416 e. The Kier molecular flexibility index (Phi) is 6.41. The van der Waals surface area contributed by atoms with E-state index in [0.717, 1.165) is 19.4 Å². The molecule has 3 nitrogen and oxygen atoms in total. The molecule has 0 aromatic rings. The molecule has 23 heavy (non-hydrogen) atoms. The Morgan fingerprint density at radius 2 is 1.35 bits per heavy atom. The van der Waals surface area contributed by atoms with Crippen molar-refractivity contribution in [1.29, 1.82) is 0 Å². The van der Waals surface area contributed by atoms with Crippen LogP contribution in [0.5, 0.6) is 0 Å². The van der Waals surface area contributed by atoms with Crippen molar-refractivity contribution < 1.29 is 14.0 Å². The maximum absolute atomic E-state index is 10.2. The summed E-state index contributed by atoms with van der Waals surface area (Å²) in [7, 11) is -3.55. The molecule has 1 fully saturated rings. The molecular formula is C18H40O3Si2. The zero-order chi connectivity index (χ0) is 18.3. The van der Waals surface area contributed by atoms with Gasteiger partial charge >= 0.3 is 0 Å². The second kappa shape index (κ2) is 6.91. The highest BCUT2D eigenvalue weighted by molar-refractivity contribution is 6.74. The van der Waals surface area contributed by atoms with E-state index in [9.17, 15) is 5.11 Å². The maximum atomic E-state index is 10.2. The molecule has 0 amide bonds. The Morgan fingerprint density at radius 3 is 1.78 bits per heavy atom. The van der Waals surface area contributed by atoms with Gasteiger partial charge in [0.25, 0.3) is 0 Å². The van der Waals surface area contributed by atoms with Crippen molar-refractivity contribution >= 4 is 16.6 Å². The van der Waals surface area contributed by atoms with Crippen LogP contribution in [0.1, 0.15) is 54.4 Å². The predicted octanol–water partition coefficient (Wildman–Crippen LogP) is 5.17. The molecule has 0 spiro atoms. The van der Waals surface area contributed by atoms with E-state index in [2.05, 4.69) is 67.7 Å². The first kappa shape index (κ1) is 21.4. The van der Waals surface area contributed by atoms with Crippen LogP contribution in [0.3, 0.4) is 0 Å². The van der Waals surface area contributed by atoms with Gasteiger partial charge in [0.15, 0.2) is 16.6 Å². The zero-order valence-electron chi connectivity index (χ0n) is 17.1. The van der Waals surface area contributed by atoms with Crippen LogP contribution in [0.15, 0.2) is 0 Å². The van der Waals surface area contributed by atoms with Crippen molar-refractivity contribution in [1.82, 2.24) is 0 Å². The quantitative estimate of drug-likeness (QED) is 0.687. The van der Waals surface area contributed by atoms with Crippen LogP contribution >= 0.6 is 0 Å². The molecule has 5 heteroatoms. The summed E-state index contributed by atoms with van der Waals surface area (Å²) >= 11 is 0. The average molecular weight is 361 g/mol. The first-order chi connectivity index (χ1) is 10.1. The Hall–Kier alpha value is 0.314. The number of rotatable bonds is 5. The SMILES string of the molecule is CC(C)(C)[Si](C)(C)OC[C@H]1C[C@H](O)CC1O[Si](C)(C)C(C)(C)C. The van der Waals surface area contributed by atoms with Crippen LogP contribution in [0.2, 0.25) is 36.3 Å². The van der Waals surface area contributed by atoms with E-state index < -0.39 is 16.6 Å². The molecular weight excluding hydrogens is 320 g/mol. The highest BCUT2D eigenvalue weighted by Crippen LogP contribution is 2.42. The number of hydrogen-bond donors (Lipinski definition) is 1. The fourth-order valence-corrected chi connectivity index (χ4v) is 4.93. The molecule has 3 atom stereocenters. The van der Waals surface area contributed by atoms with Crippen molar-refractivity contribution in [3.05, 3.63) is 0 Å². The van der Waals surface area contributed by atoms with Gasteiger partial charge in [0.1, 0.15) is 0 Å². The van der Waals surface area contributed by atoms with Crippen LogP contribution in [-0.4, -0.2) is 40.6 Å². The summed E-state index contributed by atoms with van der Waals surface area (Å²) in [6, 6.07) is 0. The lowest BCUT2D eigenvalue weighted by Crippen LogP contribution is -2.46. The first-order valence-corrected chi connectivity index (χ1v) is 14.9. The number of hydrogen-bond acceptors (Lipinski definition) is 3. The van der Waals surface area contributed by atoms with Crippen LogP contribution in [0.4, 0.5) is 0 Å². The van der Waals surface area contributed by atoms with Crippen molar-refractivity contribution in [2.75, 3.05) is 6.61 Å². The molecule has 138 valence electrons. The van der Waals surface area contributed by atoms with Gasteiger partial charge in [-0.2, -0.15) is 0 Å². The molecule has 0 aliphatic heterocycles. The standard InChI is InChI=1S/C18H40O3Si2/c1-17(2,3)22(7,8)20-13-14-11-15(19)12-16(14)21-23(9,10)18(4,5)6/h14-16,19H,11-13H2,1-10H3/t14-,15+,16?/m1/s1. The highest BCUT2D eigenvalue weighted by atomic mass is 28.4. The Morgan fingerprint density at radius 1 is 0.870 bits per heavy atom. The van der Waals surface area contributed by atoms with Crippen molar-refractivity contribution in [3.8, 4) is 0 Å². The normalized spacial score (nSPS) is 27.5. The minimum Gasteiger partial charge on any atom is -0.416 e. The second-order valence-corrected chi connectivity index (χ2v) is 19.9. The van der Waals surface area contributed by atoms with E-state index in [1.54, 1.807) is 0 Å². The lowest BCUT2D eigenvalue weighted by Gasteiger charge is -2.41. The Balaban J connectivity index is 2.74. The third-order valence-corrected chi connectivity index (χ3v) is 15.3. The van der Waals surface area contributed by atoms with E-state index in [-0.39, 0.29) is 22.3 Å². The molecule has 0 aromatic carbocycles. The first-order valence-electron chi connectivity index (χ1n) is 9.07. The lowest BCUT2D eigenvalue weighted by molar-refractivity contribution is 0.0994. The number of aliphatic hydroxyl groups excluding tert-OH is 1. The summed E-state index contributed by atoms with van der Waals surface area (Å²) in [5.41, 5.74) is 0. The maximum Gasteiger partial charge on any atom is 0.192 e. The summed E-state index contributed by atoms with van der Waals surface area (Å²) in [6.07, 6.45) is 1.49. The molecule has 1 aliphatic carbocycles. The average Bonchev–Trinajstić information content (AvgIpc) is 2.63. The molecule has 1 unspecified atom stereocenters. The van der Waals surface area contributed by atoms with Crippen LogP contribution in [0, 0.1) is 5.92 Å². The summed E-state index contributed by atoms with van der Waals surface area (Å²) < 4.78 is 13.0. The third-order valence-electron chi connectivity index (χ3n) is 6.32. The Bertz CT molecular complexity index is 394. The van der Waals surface area contributed by atoms with E-state index in [1.165, 1.54) is 0 Å². The number of aliphatic hydroxyl groups is 1.